The van der Waals surface area contributed by atoms with Gasteiger partial charge in [0.25, 0.3) is 0 Å². The van der Waals surface area contributed by atoms with Crippen LogP contribution >= 0.6 is 0 Å². The van der Waals surface area contributed by atoms with E-state index in [0.717, 1.165) is 56.8 Å². The number of carbonyl (C=O) groups excluding carboxylic acids is 1. The zero-order valence-electron chi connectivity index (χ0n) is 17.5. The fourth-order valence-electron chi connectivity index (χ4n) is 6.96. The lowest BCUT2D eigenvalue weighted by Gasteiger charge is -2.72. The lowest BCUT2D eigenvalue weighted by Crippen LogP contribution is -2.77. The number of hydrogen-bond donors (Lipinski definition) is 2. The Morgan fingerprint density at radius 3 is 2.43 bits per heavy atom. The summed E-state index contributed by atoms with van der Waals surface area (Å²) in [6.45, 7) is 6.79. The fourth-order valence-corrected chi connectivity index (χ4v) is 6.96. The van der Waals surface area contributed by atoms with Crippen molar-refractivity contribution in [3.05, 3.63) is 0 Å². The molecule has 0 heterocycles. The van der Waals surface area contributed by atoms with Crippen LogP contribution in [0.1, 0.15) is 58.3 Å². The minimum absolute atomic E-state index is 0.0616. The SMILES string of the molecule is CCOCCOCCOCCCCCNC(=O)NC12CC3CC4CC(C1)C42C3. The molecule has 28 heavy (non-hydrogen) atoms. The molecule has 0 saturated heterocycles. The van der Waals surface area contributed by atoms with Crippen LogP contribution in [0.15, 0.2) is 0 Å². The van der Waals surface area contributed by atoms with Crippen LogP contribution in [0, 0.1) is 23.2 Å². The molecular formula is C22H38N2O4. The van der Waals surface area contributed by atoms with Crippen LogP contribution in [0.4, 0.5) is 4.79 Å². The maximum absolute atomic E-state index is 12.4. The average molecular weight is 395 g/mol. The average Bonchev–Trinajstić information content (AvgIpc) is 3.14. The summed E-state index contributed by atoms with van der Waals surface area (Å²) < 4.78 is 16.2. The summed E-state index contributed by atoms with van der Waals surface area (Å²) in [4.78, 5) is 12.4. The Labute approximate surface area is 169 Å². The van der Waals surface area contributed by atoms with Crippen LogP contribution in [-0.4, -0.2) is 57.8 Å². The molecule has 1 spiro atoms. The molecule has 4 aliphatic rings. The van der Waals surface area contributed by atoms with Gasteiger partial charge in [0, 0.05) is 25.3 Å². The molecule has 6 heteroatoms. The number of nitrogens with one attached hydrogen (secondary N) is 2. The second kappa shape index (κ2) is 8.88. The van der Waals surface area contributed by atoms with Gasteiger partial charge >= 0.3 is 6.03 Å². The van der Waals surface area contributed by atoms with Crippen molar-refractivity contribution in [2.24, 2.45) is 23.2 Å². The van der Waals surface area contributed by atoms with Crippen LogP contribution < -0.4 is 10.6 Å². The molecule has 2 bridgehead atoms. The summed E-state index contributed by atoms with van der Waals surface area (Å²) >= 11 is 0. The van der Waals surface area contributed by atoms with Gasteiger partial charge in [-0.3, -0.25) is 0 Å². The van der Waals surface area contributed by atoms with Crippen molar-refractivity contribution >= 4 is 6.03 Å². The van der Waals surface area contributed by atoms with Crippen molar-refractivity contribution in [3.8, 4) is 0 Å². The molecule has 4 aliphatic carbocycles. The van der Waals surface area contributed by atoms with Crippen LogP contribution in [0.25, 0.3) is 0 Å². The van der Waals surface area contributed by atoms with Gasteiger partial charge in [0.05, 0.1) is 26.4 Å². The summed E-state index contributed by atoms with van der Waals surface area (Å²) in [5.74, 6) is 2.72. The largest absolute Gasteiger partial charge is 0.379 e. The quantitative estimate of drug-likeness (QED) is 0.444. The van der Waals surface area contributed by atoms with E-state index in [0.29, 0.717) is 31.8 Å². The third-order valence-corrected chi connectivity index (χ3v) is 7.95. The lowest BCUT2D eigenvalue weighted by molar-refractivity contribution is -0.201. The standard InChI is InChI=1S/C22H38N2O4/c1-2-26-8-9-28-11-10-27-7-5-3-4-6-23-20(25)24-21-14-17-12-18-13-19(16-21)22(18,21)15-17/h17-19H,2-16H2,1H3,(H2,23,24,25). The molecule has 2 amide bonds. The number of rotatable bonds is 14. The van der Waals surface area contributed by atoms with Gasteiger partial charge in [-0.25, -0.2) is 4.79 Å². The molecule has 0 radical (unpaired) electrons. The van der Waals surface area contributed by atoms with Gasteiger partial charge in [0.1, 0.15) is 0 Å². The van der Waals surface area contributed by atoms with E-state index in [4.69, 9.17) is 14.2 Å². The lowest BCUT2D eigenvalue weighted by atomic mass is 9.35. The van der Waals surface area contributed by atoms with Crippen LogP contribution in [0.2, 0.25) is 0 Å². The van der Waals surface area contributed by atoms with E-state index in [1.807, 2.05) is 6.92 Å². The Kier molecular flexibility index (Phi) is 6.48. The van der Waals surface area contributed by atoms with E-state index >= 15 is 0 Å². The molecule has 4 rings (SSSR count). The van der Waals surface area contributed by atoms with E-state index in [2.05, 4.69) is 10.6 Å². The maximum atomic E-state index is 12.4. The van der Waals surface area contributed by atoms with Gasteiger partial charge < -0.3 is 24.8 Å². The van der Waals surface area contributed by atoms with Crippen molar-refractivity contribution in [3.63, 3.8) is 0 Å². The van der Waals surface area contributed by atoms with Crippen LogP contribution in [0.3, 0.4) is 0 Å². The van der Waals surface area contributed by atoms with Crippen LogP contribution in [-0.2, 0) is 14.2 Å². The minimum Gasteiger partial charge on any atom is -0.379 e. The highest BCUT2D eigenvalue weighted by Gasteiger charge is 2.80. The molecule has 5 unspecified atom stereocenters. The number of urea groups is 1. The zero-order chi connectivity index (χ0) is 19.5. The summed E-state index contributed by atoms with van der Waals surface area (Å²) in [6.07, 6.45) is 9.84. The first-order valence-corrected chi connectivity index (χ1v) is 11.5. The van der Waals surface area contributed by atoms with Gasteiger partial charge in [0.2, 0.25) is 0 Å². The van der Waals surface area contributed by atoms with Crippen molar-refractivity contribution in [1.82, 2.24) is 10.6 Å². The first-order chi connectivity index (χ1) is 13.7. The van der Waals surface area contributed by atoms with Gasteiger partial charge in [-0.2, -0.15) is 0 Å². The van der Waals surface area contributed by atoms with Crippen molar-refractivity contribution in [2.75, 3.05) is 46.2 Å². The van der Waals surface area contributed by atoms with Crippen molar-refractivity contribution < 1.29 is 19.0 Å². The minimum atomic E-state index is 0.0616. The van der Waals surface area contributed by atoms with Gasteiger partial charge in [0.15, 0.2) is 0 Å². The highest BCUT2D eigenvalue weighted by molar-refractivity contribution is 5.75. The summed E-state index contributed by atoms with van der Waals surface area (Å²) in [5, 5.41) is 6.51. The van der Waals surface area contributed by atoms with E-state index in [1.165, 1.54) is 32.1 Å². The summed E-state index contributed by atoms with van der Waals surface area (Å²) in [6, 6.07) is 0.0616. The maximum Gasteiger partial charge on any atom is 0.315 e. The number of hydrogen-bond acceptors (Lipinski definition) is 4. The van der Waals surface area contributed by atoms with E-state index in [-0.39, 0.29) is 11.6 Å². The third-order valence-electron chi connectivity index (χ3n) is 7.95. The normalized spacial score (nSPS) is 36.5. The fraction of sp³-hybridized carbons (Fsp3) is 0.955. The molecule has 0 aliphatic heterocycles. The second-order valence-electron chi connectivity index (χ2n) is 9.33. The molecule has 0 aromatic carbocycles. The smallest absolute Gasteiger partial charge is 0.315 e. The molecule has 5 atom stereocenters. The van der Waals surface area contributed by atoms with Gasteiger partial charge in [-0.1, -0.05) is 0 Å². The Balaban J connectivity index is 0.981. The van der Waals surface area contributed by atoms with Crippen molar-refractivity contribution in [1.29, 1.82) is 0 Å². The predicted octanol–water partition coefficient (Wildman–Crippen LogP) is 3.10. The molecule has 4 fully saturated rings. The summed E-state index contributed by atoms with van der Waals surface area (Å²) in [7, 11) is 0. The highest BCUT2D eigenvalue weighted by atomic mass is 16.5. The van der Waals surface area contributed by atoms with Gasteiger partial charge in [-0.15, -0.1) is 0 Å². The van der Waals surface area contributed by atoms with Crippen molar-refractivity contribution in [2.45, 2.75) is 63.8 Å². The van der Waals surface area contributed by atoms with Crippen LogP contribution in [0.5, 0.6) is 0 Å². The Morgan fingerprint density at radius 2 is 1.68 bits per heavy atom. The third kappa shape index (κ3) is 3.68. The van der Waals surface area contributed by atoms with E-state index < -0.39 is 0 Å². The highest BCUT2D eigenvalue weighted by Crippen LogP contribution is 2.82. The molecule has 6 nitrogen and oxygen atoms in total. The number of amides is 2. The number of fused-ring (bicyclic) bond motifs is 1. The second-order valence-corrected chi connectivity index (χ2v) is 9.33. The van der Waals surface area contributed by atoms with Gasteiger partial charge in [-0.05, 0) is 81.5 Å². The topological polar surface area (TPSA) is 68.8 Å². The molecule has 0 aromatic heterocycles. The Hall–Kier alpha value is -0.850. The molecule has 160 valence electrons. The number of ether oxygens (including phenoxy) is 3. The molecule has 4 saturated carbocycles. The number of carbonyl (C=O) groups is 1. The zero-order valence-corrected chi connectivity index (χ0v) is 17.5. The molecule has 0 aromatic rings. The van der Waals surface area contributed by atoms with E-state index in [1.54, 1.807) is 0 Å². The molecular weight excluding hydrogens is 356 g/mol. The monoisotopic (exact) mass is 394 g/mol. The Bertz CT molecular complexity index is 545. The predicted molar refractivity (Wildman–Crippen MR) is 107 cm³/mol. The molecule has 2 N–H and O–H groups in total. The Morgan fingerprint density at radius 1 is 0.893 bits per heavy atom. The van der Waals surface area contributed by atoms with E-state index in [9.17, 15) is 4.79 Å². The first-order valence-electron chi connectivity index (χ1n) is 11.5. The summed E-state index contributed by atoms with van der Waals surface area (Å²) in [5.41, 5.74) is 0.672. The first kappa shape index (κ1) is 20.4. The number of unbranched alkanes of at least 4 members (excludes halogenated alkanes) is 2.